The van der Waals surface area contributed by atoms with E-state index in [1.165, 1.54) is 79.0 Å². The third kappa shape index (κ3) is 3.12. The molecule has 9 rings (SSSR count). The van der Waals surface area contributed by atoms with E-state index in [2.05, 4.69) is 132 Å². The Morgan fingerprint density at radius 1 is 0.436 bits per heavy atom. The molecule has 9 aromatic rings. The Balaban J connectivity index is 1.24. The summed E-state index contributed by atoms with van der Waals surface area (Å²) < 4.78 is 7.81. The van der Waals surface area contributed by atoms with Crippen molar-refractivity contribution < 1.29 is 0 Å². The van der Waals surface area contributed by atoms with Gasteiger partial charge in [-0.25, -0.2) is 0 Å². The largest absolute Gasteiger partial charge is 0.308 e. The second kappa shape index (κ2) is 8.03. The summed E-state index contributed by atoms with van der Waals surface area (Å²) in [5.74, 6) is 0. The summed E-state index contributed by atoms with van der Waals surface area (Å²) in [4.78, 5) is 0. The molecule has 3 aromatic heterocycles. The highest BCUT2D eigenvalue weighted by Crippen LogP contribution is 2.44. The summed E-state index contributed by atoms with van der Waals surface area (Å²) in [6.07, 6.45) is 0. The van der Waals surface area contributed by atoms with Crippen LogP contribution in [0.2, 0.25) is 0 Å². The van der Waals surface area contributed by atoms with Crippen molar-refractivity contribution in [2.24, 2.45) is 0 Å². The van der Waals surface area contributed by atoms with Gasteiger partial charge >= 0.3 is 0 Å². The zero-order chi connectivity index (χ0) is 25.5. The van der Waals surface area contributed by atoms with Gasteiger partial charge in [-0.3, -0.25) is 0 Å². The molecule has 0 amide bonds. The molecule has 182 valence electrons. The minimum Gasteiger partial charge on any atom is -0.308 e. The predicted octanol–water partition coefficient (Wildman–Crippen LogP) is 11.2. The zero-order valence-electron chi connectivity index (χ0n) is 20.9. The second-order valence-electron chi connectivity index (χ2n) is 10.2. The van der Waals surface area contributed by atoms with Crippen LogP contribution in [0.15, 0.2) is 127 Å². The Hall–Kier alpha value is -4.44. The molecule has 0 saturated heterocycles. The van der Waals surface area contributed by atoms with Crippen LogP contribution in [0.4, 0.5) is 0 Å². The van der Waals surface area contributed by atoms with Gasteiger partial charge in [0.15, 0.2) is 0 Å². The van der Waals surface area contributed by atoms with Crippen LogP contribution in [-0.2, 0) is 0 Å². The van der Waals surface area contributed by atoms with Crippen LogP contribution in [0.25, 0.3) is 79.0 Å². The Labute approximate surface area is 232 Å². The maximum absolute atomic E-state index is 2.43. The first-order chi connectivity index (χ1) is 19.3. The summed E-state index contributed by atoms with van der Waals surface area (Å²) >= 11 is 3.80. The quantitative estimate of drug-likeness (QED) is 0.209. The van der Waals surface area contributed by atoms with Crippen molar-refractivity contribution in [1.82, 2.24) is 4.57 Å². The Bertz CT molecular complexity index is 2390. The molecular formula is C36H21NS2. The van der Waals surface area contributed by atoms with E-state index < -0.39 is 0 Å². The average Bonchev–Trinajstić information content (AvgIpc) is 3.64. The van der Waals surface area contributed by atoms with Crippen molar-refractivity contribution in [3.05, 3.63) is 127 Å². The highest BCUT2D eigenvalue weighted by atomic mass is 32.1. The van der Waals surface area contributed by atoms with E-state index in [-0.39, 0.29) is 0 Å². The van der Waals surface area contributed by atoms with E-state index >= 15 is 0 Å². The Morgan fingerprint density at radius 3 is 1.90 bits per heavy atom. The monoisotopic (exact) mass is 531 g/mol. The molecule has 0 bridgehead atoms. The molecule has 0 fully saturated rings. The number of hydrogen-bond donors (Lipinski definition) is 0. The third-order valence-corrected chi connectivity index (χ3v) is 10.3. The molecule has 6 aromatic carbocycles. The average molecular weight is 532 g/mol. The predicted molar refractivity (Wildman–Crippen MR) is 172 cm³/mol. The summed E-state index contributed by atoms with van der Waals surface area (Å²) in [5.41, 5.74) is 6.32. The normalized spacial score (nSPS) is 12.1. The lowest BCUT2D eigenvalue weighted by Crippen LogP contribution is -1.92. The van der Waals surface area contributed by atoms with E-state index in [4.69, 9.17) is 0 Å². The number of hydrogen-bond acceptors (Lipinski definition) is 2. The minimum atomic E-state index is 1.20. The van der Waals surface area contributed by atoms with Gasteiger partial charge < -0.3 is 4.57 Å². The van der Waals surface area contributed by atoms with E-state index in [9.17, 15) is 0 Å². The molecule has 0 aliphatic rings. The van der Waals surface area contributed by atoms with E-state index in [1.54, 1.807) is 0 Å². The molecular weight excluding hydrogens is 511 g/mol. The van der Waals surface area contributed by atoms with Gasteiger partial charge in [-0.05, 0) is 64.4 Å². The first-order valence-corrected chi connectivity index (χ1v) is 14.8. The van der Waals surface area contributed by atoms with Gasteiger partial charge in [0.05, 0.1) is 15.7 Å². The fourth-order valence-corrected chi connectivity index (χ4v) is 8.57. The first-order valence-electron chi connectivity index (χ1n) is 13.2. The molecule has 0 unspecified atom stereocenters. The lowest BCUT2D eigenvalue weighted by Gasteiger charge is -2.08. The highest BCUT2D eigenvalue weighted by molar-refractivity contribution is 7.27. The van der Waals surface area contributed by atoms with Crippen LogP contribution in [0.3, 0.4) is 0 Å². The number of fused-ring (bicyclic) bond motifs is 9. The molecule has 0 N–H and O–H groups in total. The van der Waals surface area contributed by atoms with E-state index in [1.807, 2.05) is 22.7 Å². The van der Waals surface area contributed by atoms with Gasteiger partial charge in [0.1, 0.15) is 0 Å². The number of para-hydroxylation sites is 2. The Morgan fingerprint density at radius 2 is 1.08 bits per heavy atom. The summed E-state index contributed by atoms with van der Waals surface area (Å²) in [7, 11) is 0. The lowest BCUT2D eigenvalue weighted by atomic mass is 10.0. The SMILES string of the molecule is c1ccc(-n2c3ccccc3c3sc4cc(-c5ccc6c(c5)sc5cc7ccccc7cc56)ccc4c32)cc1. The molecule has 0 atom stereocenters. The van der Waals surface area contributed by atoms with Crippen molar-refractivity contribution in [2.75, 3.05) is 0 Å². The fraction of sp³-hybridized carbons (Fsp3) is 0. The van der Waals surface area contributed by atoms with E-state index in [0.717, 1.165) is 0 Å². The molecule has 0 spiro atoms. The highest BCUT2D eigenvalue weighted by Gasteiger charge is 2.18. The van der Waals surface area contributed by atoms with Crippen LogP contribution in [0.5, 0.6) is 0 Å². The van der Waals surface area contributed by atoms with Crippen molar-refractivity contribution in [1.29, 1.82) is 0 Å². The standard InChI is InChI=1S/C36H21NS2/c1-2-10-26(11-3-1)37-31-13-7-6-12-28(31)36-35(37)29-17-15-25(21-33(29)39-36)24-14-16-27-30-18-22-8-4-5-9-23(22)19-34(30)38-32(27)20-24/h1-21H. The summed E-state index contributed by atoms with van der Waals surface area (Å²) in [5, 5.41) is 7.93. The second-order valence-corrected chi connectivity index (χ2v) is 12.3. The molecule has 3 heteroatoms. The van der Waals surface area contributed by atoms with Crippen molar-refractivity contribution in [2.45, 2.75) is 0 Å². The van der Waals surface area contributed by atoms with Crippen LogP contribution in [0, 0.1) is 0 Å². The number of nitrogens with zero attached hydrogens (tertiary/aromatic N) is 1. The lowest BCUT2D eigenvalue weighted by molar-refractivity contribution is 1.19. The molecule has 0 aliphatic heterocycles. The number of aromatic nitrogens is 1. The molecule has 1 nitrogen and oxygen atoms in total. The van der Waals surface area contributed by atoms with Crippen LogP contribution < -0.4 is 0 Å². The number of benzene rings is 6. The maximum Gasteiger partial charge on any atom is 0.0727 e. The zero-order valence-corrected chi connectivity index (χ0v) is 22.5. The van der Waals surface area contributed by atoms with Gasteiger partial charge in [-0.1, -0.05) is 84.9 Å². The van der Waals surface area contributed by atoms with Crippen LogP contribution in [-0.4, -0.2) is 4.57 Å². The topological polar surface area (TPSA) is 4.93 Å². The third-order valence-electron chi connectivity index (χ3n) is 7.96. The Kier molecular flexibility index (Phi) is 4.43. The number of rotatable bonds is 2. The van der Waals surface area contributed by atoms with Crippen molar-refractivity contribution >= 4 is 84.8 Å². The molecule has 0 aliphatic carbocycles. The molecule has 0 radical (unpaired) electrons. The van der Waals surface area contributed by atoms with Gasteiger partial charge in [0, 0.05) is 41.3 Å². The summed E-state index contributed by atoms with van der Waals surface area (Å²) in [6.45, 7) is 0. The van der Waals surface area contributed by atoms with Gasteiger partial charge in [0.25, 0.3) is 0 Å². The molecule has 0 saturated carbocycles. The summed E-state index contributed by atoms with van der Waals surface area (Å²) in [6, 6.07) is 46.8. The van der Waals surface area contributed by atoms with E-state index in [0.29, 0.717) is 0 Å². The maximum atomic E-state index is 2.43. The van der Waals surface area contributed by atoms with Crippen LogP contribution in [0.1, 0.15) is 0 Å². The number of thiophene rings is 2. The van der Waals surface area contributed by atoms with Crippen LogP contribution >= 0.6 is 22.7 Å². The molecule has 3 heterocycles. The fourth-order valence-electron chi connectivity index (χ4n) is 6.14. The van der Waals surface area contributed by atoms with Crippen molar-refractivity contribution in [3.63, 3.8) is 0 Å². The van der Waals surface area contributed by atoms with Crippen molar-refractivity contribution in [3.8, 4) is 16.8 Å². The first kappa shape index (κ1) is 21.5. The molecule has 39 heavy (non-hydrogen) atoms. The smallest absolute Gasteiger partial charge is 0.0727 e. The minimum absolute atomic E-state index is 1.20. The van der Waals surface area contributed by atoms with Gasteiger partial charge in [0.2, 0.25) is 0 Å². The van der Waals surface area contributed by atoms with Gasteiger partial charge in [-0.15, -0.1) is 22.7 Å². The van der Waals surface area contributed by atoms with Gasteiger partial charge in [-0.2, -0.15) is 0 Å².